The normalized spacial score (nSPS) is 11.2. The number of benzene rings is 2. The van der Waals surface area contributed by atoms with Crippen LogP contribution >= 0.6 is 50.1 Å². The Hall–Kier alpha value is -0.157. The Morgan fingerprint density at radius 3 is 2.39 bits per heavy atom. The van der Waals surface area contributed by atoms with Crippen molar-refractivity contribution in [2.75, 3.05) is 26.0 Å². The number of hydrogen-bond acceptors (Lipinski definition) is 3. The topological polar surface area (TPSA) is 27.9 Å². The van der Waals surface area contributed by atoms with Crippen molar-refractivity contribution < 1.29 is 10.8 Å². The summed E-state index contributed by atoms with van der Waals surface area (Å²) >= 11 is 1.81. The van der Waals surface area contributed by atoms with Crippen LogP contribution in [-0.4, -0.2) is 25.6 Å². The van der Waals surface area contributed by atoms with Gasteiger partial charge in [0, 0.05) is 24.4 Å². The second-order valence-corrected chi connectivity index (χ2v) is 35.5. The fourth-order valence-corrected chi connectivity index (χ4v) is 3.65. The van der Waals surface area contributed by atoms with Crippen LogP contribution in [0, 0.1) is 0 Å². The molecule has 0 amide bonds. The molecule has 1 aliphatic heterocycles. The van der Waals surface area contributed by atoms with Crippen molar-refractivity contribution >= 4 is 66.0 Å². The van der Waals surface area contributed by atoms with E-state index in [0.29, 0.717) is 0 Å². The zero-order valence-electron chi connectivity index (χ0n) is 16.3. The maximum atomic E-state index is 5.05. The van der Waals surface area contributed by atoms with E-state index in [4.69, 9.17) is 43.7 Å². The summed E-state index contributed by atoms with van der Waals surface area (Å²) in [5, 5.41) is 4.73. The molecule has 1 heterocycles. The minimum absolute atomic E-state index is 1.04. The minimum atomic E-state index is -3.36. The molecule has 0 unspecified atom stereocenters. The van der Waals surface area contributed by atoms with Crippen LogP contribution in [0.3, 0.4) is 0 Å². The van der Waals surface area contributed by atoms with E-state index in [9.17, 15) is 0 Å². The van der Waals surface area contributed by atoms with Gasteiger partial charge in [-0.15, -0.1) is 11.3 Å². The Morgan fingerprint density at radius 1 is 1.04 bits per heavy atom. The molecule has 28 heavy (non-hydrogen) atoms. The Bertz CT molecular complexity index is 946. The fourth-order valence-electron chi connectivity index (χ4n) is 2.61. The first-order valence-corrected chi connectivity index (χ1v) is 25.7. The van der Waals surface area contributed by atoms with Crippen LogP contribution in [0.2, 0.25) is 0 Å². The van der Waals surface area contributed by atoms with Gasteiger partial charge in [-0.2, -0.15) is 0 Å². The van der Waals surface area contributed by atoms with Crippen LogP contribution in [0.4, 0.5) is 5.69 Å². The van der Waals surface area contributed by atoms with Crippen LogP contribution in [0.15, 0.2) is 36.4 Å². The standard InChI is InChI=1S/C19H23N3S.4ClH.Zn/c1-4-5-6-11-20-14-7-9-16-18(12-14)23-19-13-15(22(2)3)8-10-17(19)21-16;;;;;/h7-10,12-13H,4-6,11H2,1-3H3;4*1H;/q;;;;;+2/p-3. The molecule has 0 fully saturated rings. The van der Waals surface area contributed by atoms with Gasteiger partial charge in [-0.05, 0) is 30.7 Å². The van der Waals surface area contributed by atoms with Gasteiger partial charge in [0.1, 0.15) is 14.1 Å². The molecule has 152 valence electrons. The van der Waals surface area contributed by atoms with Gasteiger partial charge in [0.05, 0.1) is 20.8 Å². The number of hydrogen-bond donors (Lipinski definition) is 1. The third kappa shape index (κ3) is 8.30. The second-order valence-electron chi connectivity index (χ2n) is 6.68. The summed E-state index contributed by atoms with van der Waals surface area (Å²) in [6.45, 7) is 3.27. The van der Waals surface area contributed by atoms with Crippen LogP contribution in [0.5, 0.6) is 0 Å². The summed E-state index contributed by atoms with van der Waals surface area (Å²) in [6, 6.07) is 12.9. The number of aromatic nitrogens is 1. The first kappa shape index (κ1) is 24.1. The number of nitrogens with zero attached hydrogens (tertiary/aromatic N) is 2. The van der Waals surface area contributed by atoms with E-state index < -0.39 is 10.8 Å². The third-order valence-electron chi connectivity index (χ3n) is 3.99. The maximum absolute atomic E-state index is 5.05. The average Bonchev–Trinajstić information content (AvgIpc) is 2.61. The number of halogens is 4. The predicted octanol–water partition coefficient (Wildman–Crippen LogP) is 6.79. The van der Waals surface area contributed by atoms with Gasteiger partial charge >= 0.3 is 49.6 Å². The van der Waals surface area contributed by atoms with Crippen LogP contribution in [-0.2, 0) is 10.8 Å². The van der Waals surface area contributed by atoms with Gasteiger partial charge in [-0.25, -0.2) is 9.56 Å². The third-order valence-corrected chi connectivity index (χ3v) is 5.08. The number of fused-ring (bicyclic) bond motifs is 2. The predicted molar refractivity (Wildman–Crippen MR) is 125 cm³/mol. The molecule has 3 rings (SSSR count). The molecule has 0 radical (unpaired) electrons. The molecule has 9 heteroatoms. The molecule has 0 spiro atoms. The molecular formula is C19H24Cl4N3SZn-. The van der Waals surface area contributed by atoms with Crippen molar-refractivity contribution in [3.8, 4) is 10.6 Å². The van der Waals surface area contributed by atoms with Gasteiger partial charge in [-0.1, -0.05) is 19.8 Å². The van der Waals surface area contributed by atoms with Crippen molar-refractivity contribution in [2.45, 2.75) is 26.2 Å². The van der Waals surface area contributed by atoms with Gasteiger partial charge in [-0.3, -0.25) is 0 Å². The van der Waals surface area contributed by atoms with Crippen molar-refractivity contribution in [1.29, 1.82) is 0 Å². The molecule has 0 aromatic heterocycles. The van der Waals surface area contributed by atoms with E-state index in [1.165, 1.54) is 39.9 Å². The SMILES string of the molecule is CCCCCNc1ccc2nc3ccc(=[N+](C)C)cc-3sc2c1.[Cl][Zn-2]([Cl])([Cl])[Cl]. The van der Waals surface area contributed by atoms with Crippen molar-refractivity contribution in [3.05, 3.63) is 41.8 Å². The van der Waals surface area contributed by atoms with Crippen LogP contribution in [0.25, 0.3) is 20.8 Å². The Kier molecular flexibility index (Phi) is 9.73. The number of unbranched alkanes of at least 4 members (excludes halogenated alkanes) is 2. The number of anilines is 1. The van der Waals surface area contributed by atoms with Gasteiger partial charge < -0.3 is 5.32 Å². The summed E-state index contributed by atoms with van der Waals surface area (Å²) in [7, 11) is 21.0. The fraction of sp³-hybridized carbons (Fsp3) is 0.368. The first-order valence-electron chi connectivity index (χ1n) is 9.33. The summed E-state index contributed by atoms with van der Waals surface area (Å²) in [5.74, 6) is 0. The second kappa shape index (κ2) is 11.3. The summed E-state index contributed by atoms with van der Waals surface area (Å²) in [6.07, 6.45) is 3.76. The average molecular weight is 534 g/mol. The van der Waals surface area contributed by atoms with Crippen molar-refractivity contribution in [1.82, 2.24) is 9.56 Å². The van der Waals surface area contributed by atoms with Gasteiger partial charge in [0.15, 0.2) is 0 Å². The summed E-state index contributed by atoms with van der Waals surface area (Å²) in [4.78, 5) is 6.02. The molecule has 1 aromatic carbocycles. The summed E-state index contributed by atoms with van der Waals surface area (Å²) < 4.78 is 3.36. The Balaban J connectivity index is 0.000000500. The van der Waals surface area contributed by atoms with Crippen molar-refractivity contribution in [2.24, 2.45) is 0 Å². The molecule has 3 nitrogen and oxygen atoms in total. The Morgan fingerprint density at radius 2 is 1.75 bits per heavy atom. The zero-order chi connectivity index (χ0) is 20.7. The van der Waals surface area contributed by atoms with E-state index in [1.54, 1.807) is 0 Å². The number of rotatable bonds is 5. The molecule has 0 saturated carbocycles. The quantitative estimate of drug-likeness (QED) is 0.169. The van der Waals surface area contributed by atoms with E-state index in [-0.39, 0.29) is 0 Å². The molecule has 1 N–H and O–H groups in total. The van der Waals surface area contributed by atoms with Crippen LogP contribution in [0.1, 0.15) is 26.2 Å². The van der Waals surface area contributed by atoms with Crippen LogP contribution < -0.4 is 15.2 Å². The molecule has 0 atom stereocenters. The molecular weight excluding hydrogens is 509 g/mol. The molecule has 1 aliphatic carbocycles. The van der Waals surface area contributed by atoms with E-state index >= 15 is 0 Å². The monoisotopic (exact) mass is 530 g/mol. The molecule has 0 bridgehead atoms. The number of nitrogens with one attached hydrogen (secondary N) is 1. The van der Waals surface area contributed by atoms with E-state index in [1.807, 2.05) is 11.3 Å². The molecule has 1 aromatic rings. The van der Waals surface area contributed by atoms with E-state index in [2.05, 4.69) is 67.3 Å². The zero-order valence-corrected chi connectivity index (χ0v) is 23.1. The molecule has 0 saturated heterocycles. The first-order chi connectivity index (χ1) is 13.2. The van der Waals surface area contributed by atoms with E-state index in [0.717, 1.165) is 17.8 Å². The molecule has 2 aliphatic rings. The Labute approximate surface area is 189 Å². The van der Waals surface area contributed by atoms with Gasteiger partial charge in [0.25, 0.3) is 0 Å². The summed E-state index contributed by atoms with van der Waals surface area (Å²) in [5.41, 5.74) is 3.32. The van der Waals surface area contributed by atoms with Gasteiger partial charge in [0.2, 0.25) is 5.36 Å². The van der Waals surface area contributed by atoms with Crippen molar-refractivity contribution in [3.63, 3.8) is 0 Å².